The predicted octanol–water partition coefficient (Wildman–Crippen LogP) is 3.09. The number of rotatable bonds is 5. The minimum absolute atomic E-state index is 0.159. The first kappa shape index (κ1) is 15.6. The zero-order valence-electron chi connectivity index (χ0n) is 10.2. The Labute approximate surface area is 132 Å². The maximum absolute atomic E-state index is 12.4. The molecule has 1 N–H and O–H groups in total. The summed E-state index contributed by atoms with van der Waals surface area (Å²) in [6, 6.07) is 3.16. The molecular formula is C11H10BrNO4S3. The van der Waals surface area contributed by atoms with Crippen molar-refractivity contribution in [3.05, 3.63) is 37.1 Å². The van der Waals surface area contributed by atoms with Crippen LogP contribution >= 0.6 is 38.6 Å². The molecule has 0 radical (unpaired) electrons. The van der Waals surface area contributed by atoms with E-state index in [0.717, 1.165) is 25.0 Å². The molecule has 9 heteroatoms. The molecule has 20 heavy (non-hydrogen) atoms. The number of thiophene rings is 2. The summed E-state index contributed by atoms with van der Waals surface area (Å²) >= 11 is 5.65. The van der Waals surface area contributed by atoms with Crippen molar-refractivity contribution < 1.29 is 18.3 Å². The molecule has 0 atom stereocenters. The second kappa shape index (κ2) is 5.94. The van der Waals surface area contributed by atoms with Crippen molar-refractivity contribution in [1.29, 1.82) is 0 Å². The molecule has 0 fully saturated rings. The van der Waals surface area contributed by atoms with Gasteiger partial charge in [-0.25, -0.2) is 13.2 Å². The number of aromatic carboxylic acids is 1. The minimum atomic E-state index is -3.81. The number of halogens is 1. The molecule has 0 bridgehead atoms. The summed E-state index contributed by atoms with van der Waals surface area (Å²) in [5.41, 5.74) is 0. The van der Waals surface area contributed by atoms with Gasteiger partial charge in [-0.2, -0.15) is 4.31 Å². The standard InChI is InChI=1S/C11H10BrNO4S3/c1-13(5-8-4-7(12)6-19-8)20(16,17)9-2-3-18-10(9)11(14)15/h2-4,6H,5H2,1H3,(H,14,15). The first-order chi connectivity index (χ1) is 9.32. The van der Waals surface area contributed by atoms with Crippen molar-refractivity contribution in [3.63, 3.8) is 0 Å². The Kier molecular flexibility index (Phi) is 4.65. The third-order valence-electron chi connectivity index (χ3n) is 2.51. The third-order valence-corrected chi connectivity index (χ3v) is 7.07. The second-order valence-electron chi connectivity index (χ2n) is 3.91. The van der Waals surface area contributed by atoms with Crippen LogP contribution in [0.15, 0.2) is 32.3 Å². The van der Waals surface area contributed by atoms with E-state index in [1.54, 1.807) is 0 Å². The van der Waals surface area contributed by atoms with E-state index in [4.69, 9.17) is 5.11 Å². The Bertz CT molecular complexity index is 734. The maximum Gasteiger partial charge on any atom is 0.347 e. The molecule has 0 amide bonds. The predicted molar refractivity (Wildman–Crippen MR) is 82.0 cm³/mol. The van der Waals surface area contributed by atoms with Gasteiger partial charge in [0.1, 0.15) is 9.77 Å². The van der Waals surface area contributed by atoms with Gasteiger partial charge in [0.05, 0.1) is 0 Å². The lowest BCUT2D eigenvalue weighted by molar-refractivity contribution is 0.0698. The Morgan fingerprint density at radius 2 is 2.15 bits per heavy atom. The minimum Gasteiger partial charge on any atom is -0.477 e. The average Bonchev–Trinajstić information content (AvgIpc) is 2.98. The SMILES string of the molecule is CN(Cc1cc(Br)cs1)S(=O)(=O)c1ccsc1C(=O)O. The first-order valence-corrected chi connectivity index (χ1v) is 9.31. The van der Waals surface area contributed by atoms with Gasteiger partial charge in [0.15, 0.2) is 0 Å². The number of carboxylic acid groups (broad SMARTS) is 1. The second-order valence-corrected chi connectivity index (χ2v) is 8.75. The molecule has 0 aliphatic rings. The molecule has 0 saturated carbocycles. The van der Waals surface area contributed by atoms with E-state index >= 15 is 0 Å². The number of carbonyl (C=O) groups is 1. The van der Waals surface area contributed by atoms with E-state index < -0.39 is 16.0 Å². The van der Waals surface area contributed by atoms with Gasteiger partial charge in [-0.15, -0.1) is 22.7 Å². The maximum atomic E-state index is 12.4. The lowest BCUT2D eigenvalue weighted by Gasteiger charge is -2.15. The summed E-state index contributed by atoms with van der Waals surface area (Å²) in [7, 11) is -2.37. The number of hydrogen-bond acceptors (Lipinski definition) is 5. The smallest absolute Gasteiger partial charge is 0.347 e. The van der Waals surface area contributed by atoms with Crippen LogP contribution in [0.25, 0.3) is 0 Å². The zero-order chi connectivity index (χ0) is 14.9. The summed E-state index contributed by atoms with van der Waals surface area (Å²) in [6.45, 7) is 0.202. The van der Waals surface area contributed by atoms with E-state index in [0.29, 0.717) is 0 Å². The monoisotopic (exact) mass is 395 g/mol. The number of nitrogens with zero attached hydrogens (tertiary/aromatic N) is 1. The van der Waals surface area contributed by atoms with Gasteiger partial charge in [0.2, 0.25) is 10.0 Å². The third kappa shape index (κ3) is 3.12. The van der Waals surface area contributed by atoms with Crippen molar-refractivity contribution >= 4 is 54.6 Å². The lowest BCUT2D eigenvalue weighted by atomic mass is 10.5. The van der Waals surface area contributed by atoms with E-state index in [-0.39, 0.29) is 16.3 Å². The van der Waals surface area contributed by atoms with E-state index in [1.165, 1.54) is 29.8 Å². The molecule has 0 aromatic carbocycles. The first-order valence-electron chi connectivity index (χ1n) is 5.32. The van der Waals surface area contributed by atoms with Gasteiger partial charge in [0.25, 0.3) is 0 Å². The molecule has 108 valence electrons. The topological polar surface area (TPSA) is 74.7 Å². The molecule has 0 spiro atoms. The van der Waals surface area contributed by atoms with Crippen molar-refractivity contribution in [3.8, 4) is 0 Å². The Balaban J connectivity index is 2.30. The number of sulfonamides is 1. The molecular weight excluding hydrogens is 386 g/mol. The van der Waals surface area contributed by atoms with Crippen LogP contribution in [-0.2, 0) is 16.6 Å². The molecule has 0 saturated heterocycles. The van der Waals surface area contributed by atoms with Gasteiger partial charge >= 0.3 is 5.97 Å². The zero-order valence-corrected chi connectivity index (χ0v) is 14.3. The van der Waals surface area contributed by atoms with Crippen LogP contribution in [0.5, 0.6) is 0 Å². The van der Waals surface area contributed by atoms with Crippen molar-refractivity contribution in [2.75, 3.05) is 7.05 Å². The molecule has 2 aromatic rings. The van der Waals surface area contributed by atoms with Crippen LogP contribution in [-0.4, -0.2) is 30.8 Å². The molecule has 0 unspecified atom stereocenters. The van der Waals surface area contributed by atoms with Gasteiger partial charge < -0.3 is 5.11 Å². The Morgan fingerprint density at radius 1 is 1.45 bits per heavy atom. The van der Waals surface area contributed by atoms with Crippen LogP contribution in [0, 0.1) is 0 Å². The van der Waals surface area contributed by atoms with Crippen molar-refractivity contribution in [2.24, 2.45) is 0 Å². The van der Waals surface area contributed by atoms with Gasteiger partial charge in [-0.3, -0.25) is 0 Å². The van der Waals surface area contributed by atoms with E-state index in [2.05, 4.69) is 15.9 Å². The fourth-order valence-electron chi connectivity index (χ4n) is 1.57. The summed E-state index contributed by atoms with van der Waals surface area (Å²) in [5, 5.41) is 12.3. The van der Waals surface area contributed by atoms with E-state index in [9.17, 15) is 13.2 Å². The number of hydrogen-bond donors (Lipinski definition) is 1. The normalized spacial score (nSPS) is 11.9. The highest BCUT2D eigenvalue weighted by atomic mass is 79.9. The molecule has 2 rings (SSSR count). The fourth-order valence-corrected chi connectivity index (χ4v) is 5.53. The van der Waals surface area contributed by atoms with Crippen LogP contribution < -0.4 is 0 Å². The highest BCUT2D eigenvalue weighted by molar-refractivity contribution is 9.10. The molecule has 0 aliphatic carbocycles. The quantitative estimate of drug-likeness (QED) is 0.843. The van der Waals surface area contributed by atoms with Crippen LogP contribution in [0.3, 0.4) is 0 Å². The molecule has 2 heterocycles. The Morgan fingerprint density at radius 3 is 2.70 bits per heavy atom. The van der Waals surface area contributed by atoms with Gasteiger partial charge in [-0.05, 0) is 33.4 Å². The lowest BCUT2D eigenvalue weighted by Crippen LogP contribution is -2.27. The van der Waals surface area contributed by atoms with Crippen molar-refractivity contribution in [2.45, 2.75) is 11.4 Å². The molecule has 0 aliphatic heterocycles. The number of carboxylic acids is 1. The van der Waals surface area contributed by atoms with Crippen LogP contribution in [0.4, 0.5) is 0 Å². The highest BCUT2D eigenvalue weighted by Gasteiger charge is 2.28. The van der Waals surface area contributed by atoms with Crippen LogP contribution in [0.1, 0.15) is 14.5 Å². The molecule has 2 aromatic heterocycles. The van der Waals surface area contributed by atoms with E-state index in [1.807, 2.05) is 11.4 Å². The van der Waals surface area contributed by atoms with Crippen molar-refractivity contribution in [1.82, 2.24) is 4.31 Å². The fraction of sp³-hybridized carbons (Fsp3) is 0.182. The average molecular weight is 396 g/mol. The van der Waals surface area contributed by atoms with Gasteiger partial charge in [-0.1, -0.05) is 0 Å². The highest BCUT2D eigenvalue weighted by Crippen LogP contribution is 2.27. The summed E-state index contributed by atoms with van der Waals surface area (Å²) in [5.74, 6) is -1.23. The Hall–Kier alpha value is -0.740. The molecule has 5 nitrogen and oxygen atoms in total. The summed E-state index contributed by atoms with van der Waals surface area (Å²) in [4.78, 5) is 11.6. The van der Waals surface area contributed by atoms with Gasteiger partial charge in [0, 0.05) is 28.3 Å². The van der Waals surface area contributed by atoms with Crippen LogP contribution in [0.2, 0.25) is 0 Å². The largest absolute Gasteiger partial charge is 0.477 e. The summed E-state index contributed by atoms with van der Waals surface area (Å²) < 4.78 is 26.8. The summed E-state index contributed by atoms with van der Waals surface area (Å²) in [6.07, 6.45) is 0.